The molecule has 1 N–H and O–H groups in total. The molecule has 0 saturated heterocycles. The lowest BCUT2D eigenvalue weighted by molar-refractivity contribution is 0.366. The molecule has 112 valence electrons. The van der Waals surface area contributed by atoms with Gasteiger partial charge in [-0.15, -0.1) is 0 Å². The zero-order valence-corrected chi connectivity index (χ0v) is 13.5. The van der Waals surface area contributed by atoms with Crippen molar-refractivity contribution < 1.29 is 4.74 Å². The summed E-state index contributed by atoms with van der Waals surface area (Å²) in [5.41, 5.74) is 2.54. The number of pyridine rings is 1. The van der Waals surface area contributed by atoms with Crippen LogP contribution in [-0.4, -0.2) is 32.2 Å². The van der Waals surface area contributed by atoms with Crippen LogP contribution < -0.4 is 15.0 Å². The number of hydrogen-bond acceptors (Lipinski definition) is 4. The molecule has 0 radical (unpaired) electrons. The van der Waals surface area contributed by atoms with Crippen LogP contribution in [0.2, 0.25) is 0 Å². The molecule has 2 rings (SSSR count). The smallest absolute Gasteiger partial charge is 0.239 e. The van der Waals surface area contributed by atoms with Gasteiger partial charge in [0.1, 0.15) is 5.69 Å². The summed E-state index contributed by atoms with van der Waals surface area (Å²) in [6.45, 7) is 7.02. The van der Waals surface area contributed by atoms with Crippen molar-refractivity contribution in [1.82, 2.24) is 4.98 Å². The van der Waals surface area contributed by atoms with Gasteiger partial charge in [-0.2, -0.15) is 0 Å². The second-order valence-electron chi connectivity index (χ2n) is 6.91. The van der Waals surface area contributed by atoms with Crippen molar-refractivity contribution >= 4 is 11.4 Å². The van der Waals surface area contributed by atoms with Gasteiger partial charge < -0.3 is 15.0 Å². The monoisotopic (exact) mass is 277 g/mol. The predicted molar refractivity (Wildman–Crippen MR) is 84.7 cm³/mol. The number of nitrogens with zero attached hydrogens (tertiary/aromatic N) is 2. The molecule has 0 spiro atoms. The van der Waals surface area contributed by atoms with E-state index in [0.29, 0.717) is 23.3 Å². The van der Waals surface area contributed by atoms with Gasteiger partial charge in [-0.25, -0.2) is 4.98 Å². The Balaban J connectivity index is 2.29. The molecular weight excluding hydrogens is 250 g/mol. The van der Waals surface area contributed by atoms with Crippen molar-refractivity contribution in [2.24, 2.45) is 11.3 Å². The van der Waals surface area contributed by atoms with Crippen molar-refractivity contribution in [1.29, 1.82) is 0 Å². The molecule has 1 aromatic rings. The average molecular weight is 277 g/mol. The van der Waals surface area contributed by atoms with Crippen LogP contribution in [-0.2, 0) is 0 Å². The predicted octanol–water partition coefficient (Wildman–Crippen LogP) is 3.39. The summed E-state index contributed by atoms with van der Waals surface area (Å²) in [4.78, 5) is 6.43. The van der Waals surface area contributed by atoms with Crippen molar-refractivity contribution in [2.45, 2.75) is 39.7 Å². The van der Waals surface area contributed by atoms with Gasteiger partial charge in [0.2, 0.25) is 5.88 Å². The summed E-state index contributed by atoms with van der Waals surface area (Å²) in [6, 6.07) is 2.50. The fourth-order valence-electron chi connectivity index (χ4n) is 3.37. The highest BCUT2D eigenvalue weighted by Crippen LogP contribution is 2.44. The SMILES string of the molecule is COc1nccc(N(C)C)c1NC1CC(C)(C)CC1C. The maximum Gasteiger partial charge on any atom is 0.239 e. The first-order chi connectivity index (χ1) is 9.34. The third kappa shape index (κ3) is 3.00. The van der Waals surface area contributed by atoms with E-state index in [4.69, 9.17) is 4.74 Å². The maximum absolute atomic E-state index is 5.43. The highest BCUT2D eigenvalue weighted by atomic mass is 16.5. The molecule has 4 nitrogen and oxygen atoms in total. The van der Waals surface area contributed by atoms with Crippen LogP contribution in [0.3, 0.4) is 0 Å². The minimum Gasteiger partial charge on any atom is -0.479 e. The summed E-state index contributed by atoms with van der Waals surface area (Å²) < 4.78 is 5.43. The van der Waals surface area contributed by atoms with Crippen LogP contribution in [0, 0.1) is 11.3 Å². The maximum atomic E-state index is 5.43. The Bertz CT molecular complexity index is 471. The van der Waals surface area contributed by atoms with E-state index in [9.17, 15) is 0 Å². The van der Waals surface area contributed by atoms with Gasteiger partial charge in [0.05, 0.1) is 12.8 Å². The largest absolute Gasteiger partial charge is 0.479 e. The molecule has 0 aromatic carbocycles. The van der Waals surface area contributed by atoms with Gasteiger partial charge in [0.15, 0.2) is 0 Å². The number of rotatable bonds is 4. The zero-order valence-electron chi connectivity index (χ0n) is 13.5. The molecule has 2 unspecified atom stereocenters. The van der Waals surface area contributed by atoms with Gasteiger partial charge in [0, 0.05) is 26.3 Å². The molecule has 1 aromatic heterocycles. The van der Waals surface area contributed by atoms with Crippen LogP contribution in [0.5, 0.6) is 5.88 Å². The zero-order chi connectivity index (χ0) is 14.9. The highest BCUT2D eigenvalue weighted by Gasteiger charge is 2.37. The fourth-order valence-corrected chi connectivity index (χ4v) is 3.37. The number of nitrogens with one attached hydrogen (secondary N) is 1. The summed E-state index contributed by atoms with van der Waals surface area (Å²) in [6.07, 6.45) is 4.23. The third-order valence-corrected chi connectivity index (χ3v) is 4.23. The molecule has 0 bridgehead atoms. The Morgan fingerprint density at radius 2 is 2.05 bits per heavy atom. The van der Waals surface area contributed by atoms with Crippen LogP contribution >= 0.6 is 0 Å². The van der Waals surface area contributed by atoms with E-state index in [1.807, 2.05) is 20.2 Å². The van der Waals surface area contributed by atoms with Crippen LogP contribution in [0.4, 0.5) is 11.4 Å². The molecular formula is C16H27N3O. The van der Waals surface area contributed by atoms with Gasteiger partial charge in [-0.3, -0.25) is 0 Å². The first-order valence-corrected chi connectivity index (χ1v) is 7.31. The van der Waals surface area contributed by atoms with Gasteiger partial charge in [0.25, 0.3) is 0 Å². The molecule has 20 heavy (non-hydrogen) atoms. The molecule has 1 aliphatic carbocycles. The Morgan fingerprint density at radius 1 is 1.35 bits per heavy atom. The van der Waals surface area contributed by atoms with E-state index in [2.05, 4.69) is 36.0 Å². The quantitative estimate of drug-likeness (QED) is 0.915. The first-order valence-electron chi connectivity index (χ1n) is 7.31. The second kappa shape index (κ2) is 5.51. The van der Waals surface area contributed by atoms with E-state index in [1.165, 1.54) is 12.8 Å². The van der Waals surface area contributed by atoms with E-state index in [-0.39, 0.29) is 0 Å². The molecule has 1 fully saturated rings. The highest BCUT2D eigenvalue weighted by molar-refractivity contribution is 5.74. The van der Waals surface area contributed by atoms with Crippen molar-refractivity contribution in [3.05, 3.63) is 12.3 Å². The lowest BCUT2D eigenvalue weighted by Crippen LogP contribution is -2.25. The molecule has 0 amide bonds. The van der Waals surface area contributed by atoms with Crippen molar-refractivity contribution in [3.63, 3.8) is 0 Å². The van der Waals surface area contributed by atoms with E-state index in [1.54, 1.807) is 13.3 Å². The molecule has 1 saturated carbocycles. The first kappa shape index (κ1) is 14.9. The van der Waals surface area contributed by atoms with Crippen LogP contribution in [0.15, 0.2) is 12.3 Å². The summed E-state index contributed by atoms with van der Waals surface area (Å²) in [5.74, 6) is 1.33. The molecule has 4 heteroatoms. The van der Waals surface area contributed by atoms with E-state index < -0.39 is 0 Å². The lowest BCUT2D eigenvalue weighted by atomic mass is 9.91. The summed E-state index contributed by atoms with van der Waals surface area (Å²) >= 11 is 0. The topological polar surface area (TPSA) is 37.4 Å². The molecule has 1 heterocycles. The molecule has 0 aliphatic heterocycles. The summed E-state index contributed by atoms with van der Waals surface area (Å²) in [5, 5.41) is 3.69. The molecule has 2 atom stereocenters. The minimum atomic E-state index is 0.408. The van der Waals surface area contributed by atoms with Crippen LogP contribution in [0.25, 0.3) is 0 Å². The molecule has 1 aliphatic rings. The third-order valence-electron chi connectivity index (χ3n) is 4.23. The Morgan fingerprint density at radius 3 is 2.55 bits per heavy atom. The van der Waals surface area contributed by atoms with Crippen molar-refractivity contribution in [2.75, 3.05) is 31.4 Å². The van der Waals surface area contributed by atoms with Gasteiger partial charge in [-0.05, 0) is 30.2 Å². The van der Waals surface area contributed by atoms with E-state index in [0.717, 1.165) is 11.4 Å². The standard InChI is InChI=1S/C16H27N3O/c1-11-9-16(2,3)10-12(11)18-14-13(19(4)5)7-8-17-15(14)20-6/h7-8,11-12,18H,9-10H2,1-6H3. The lowest BCUT2D eigenvalue weighted by Gasteiger charge is -2.25. The number of ether oxygens (including phenoxy) is 1. The van der Waals surface area contributed by atoms with Crippen molar-refractivity contribution in [3.8, 4) is 5.88 Å². The number of hydrogen-bond donors (Lipinski definition) is 1. The van der Waals surface area contributed by atoms with E-state index >= 15 is 0 Å². The Labute approximate surface area is 122 Å². The summed E-state index contributed by atoms with van der Waals surface area (Å²) in [7, 11) is 5.76. The Hall–Kier alpha value is -1.45. The normalized spacial score (nSPS) is 24.5. The Kier molecular flexibility index (Phi) is 4.11. The average Bonchev–Trinajstić information content (AvgIpc) is 2.62. The number of anilines is 2. The number of methoxy groups -OCH3 is 1. The fraction of sp³-hybridized carbons (Fsp3) is 0.688. The minimum absolute atomic E-state index is 0.408. The van der Waals surface area contributed by atoms with Gasteiger partial charge in [-0.1, -0.05) is 20.8 Å². The number of aromatic nitrogens is 1. The van der Waals surface area contributed by atoms with Gasteiger partial charge >= 0.3 is 0 Å². The van der Waals surface area contributed by atoms with Crippen LogP contribution in [0.1, 0.15) is 33.6 Å². The second-order valence-corrected chi connectivity index (χ2v) is 6.91.